The normalized spacial score (nSPS) is 13.5. The van der Waals surface area contributed by atoms with Crippen LogP contribution < -0.4 is 16.1 Å². The minimum atomic E-state index is -1.30. The van der Waals surface area contributed by atoms with Crippen molar-refractivity contribution in [2.75, 3.05) is 18.5 Å². The molecule has 1 aromatic carbocycles. The average molecular weight is 709 g/mol. The van der Waals surface area contributed by atoms with Gasteiger partial charge in [-0.15, -0.1) is 0 Å². The van der Waals surface area contributed by atoms with Gasteiger partial charge in [-0.05, 0) is 54.2 Å². The van der Waals surface area contributed by atoms with Crippen LogP contribution in [0.4, 0.5) is 10.6 Å². The first-order valence-corrected chi connectivity index (χ1v) is 18.4. The van der Waals surface area contributed by atoms with Crippen LogP contribution in [0.5, 0.6) is 0 Å². The SMILES string of the molecule is CC[C@H](C)[C@@H](C(=O)C(=O)Nc1ccccn1)N(NC(=O)C(NC(=O)N(CCC(C)CO)Cc1ccccc1)C(C)C)C(=O)CCCCCC(C)C. The van der Waals surface area contributed by atoms with Crippen LogP contribution in [-0.4, -0.2) is 74.8 Å². The van der Waals surface area contributed by atoms with E-state index < -0.39 is 53.5 Å². The number of unbranched alkanes of at least 4 members (excludes halogenated alkanes) is 2. The van der Waals surface area contributed by atoms with Crippen LogP contribution in [0, 0.1) is 23.7 Å². The summed E-state index contributed by atoms with van der Waals surface area (Å²) in [5, 5.41) is 16.0. The van der Waals surface area contributed by atoms with Crippen molar-refractivity contribution in [3.05, 3.63) is 60.3 Å². The Bertz CT molecular complexity index is 1370. The molecule has 282 valence electrons. The number of nitrogens with one attached hydrogen (secondary N) is 3. The molecule has 0 aliphatic heterocycles. The molecule has 0 saturated heterocycles. The van der Waals surface area contributed by atoms with Crippen LogP contribution in [0.25, 0.3) is 0 Å². The Morgan fingerprint density at radius 1 is 0.863 bits per heavy atom. The molecule has 0 spiro atoms. The highest BCUT2D eigenvalue weighted by Crippen LogP contribution is 2.20. The van der Waals surface area contributed by atoms with Gasteiger partial charge in [0.2, 0.25) is 11.7 Å². The van der Waals surface area contributed by atoms with Crippen LogP contribution in [0.15, 0.2) is 54.7 Å². The van der Waals surface area contributed by atoms with E-state index in [4.69, 9.17) is 0 Å². The number of carbonyl (C=O) groups excluding carboxylic acids is 5. The van der Waals surface area contributed by atoms with Gasteiger partial charge in [0, 0.05) is 32.3 Å². The molecule has 2 unspecified atom stereocenters. The number of hydrogen-bond acceptors (Lipinski definition) is 7. The standard InChI is InChI=1S/C39H60N6O6/c1-8-30(7)35(36(48)38(50)41-32-20-15-16-23-40-32)45(33(47)21-14-9-11-17-27(2)3)43-37(49)34(28(4)5)42-39(51)44(24-22-29(6)26-46)25-31-18-12-10-13-19-31/h10,12-13,15-16,18-20,23,27-30,34-35,46H,8-9,11,14,17,21-22,24-26H2,1-7H3,(H,42,51)(H,43,49)(H,40,41,50)/t29?,30-,34?,35-/m0/s1. The molecule has 4 N–H and O–H groups in total. The molecule has 0 saturated carbocycles. The molecule has 4 atom stereocenters. The second-order valence-electron chi connectivity index (χ2n) is 14.3. The summed E-state index contributed by atoms with van der Waals surface area (Å²) in [6.45, 7) is 13.9. The van der Waals surface area contributed by atoms with Gasteiger partial charge in [-0.1, -0.05) is 111 Å². The van der Waals surface area contributed by atoms with Gasteiger partial charge < -0.3 is 20.6 Å². The largest absolute Gasteiger partial charge is 0.396 e. The number of hydrogen-bond donors (Lipinski definition) is 4. The molecule has 0 radical (unpaired) electrons. The Morgan fingerprint density at radius 3 is 2.14 bits per heavy atom. The fourth-order valence-corrected chi connectivity index (χ4v) is 5.49. The molecule has 0 aliphatic rings. The average Bonchev–Trinajstić information content (AvgIpc) is 3.11. The predicted octanol–water partition coefficient (Wildman–Crippen LogP) is 5.73. The molecule has 1 heterocycles. The first-order valence-electron chi connectivity index (χ1n) is 18.4. The summed E-state index contributed by atoms with van der Waals surface area (Å²) in [5.74, 6) is -3.23. The van der Waals surface area contributed by atoms with Crippen molar-refractivity contribution in [3.8, 4) is 0 Å². The van der Waals surface area contributed by atoms with E-state index >= 15 is 0 Å². The number of aliphatic hydroxyl groups excluding tert-OH is 1. The van der Waals surface area contributed by atoms with Gasteiger partial charge in [0.15, 0.2) is 0 Å². The van der Waals surface area contributed by atoms with Gasteiger partial charge in [0.05, 0.1) is 0 Å². The van der Waals surface area contributed by atoms with E-state index in [0.29, 0.717) is 31.7 Å². The highest BCUT2D eigenvalue weighted by atomic mass is 16.3. The van der Waals surface area contributed by atoms with Gasteiger partial charge in [-0.3, -0.25) is 24.6 Å². The molecule has 0 bridgehead atoms. The lowest BCUT2D eigenvalue weighted by molar-refractivity contribution is -0.153. The van der Waals surface area contributed by atoms with Gasteiger partial charge in [0.1, 0.15) is 17.9 Å². The number of pyridine rings is 1. The topological polar surface area (TPSA) is 161 Å². The van der Waals surface area contributed by atoms with Gasteiger partial charge in [0.25, 0.3) is 11.8 Å². The van der Waals surface area contributed by atoms with E-state index in [0.717, 1.165) is 29.8 Å². The quantitative estimate of drug-likeness (QED) is 0.0732. The lowest BCUT2D eigenvalue weighted by atomic mass is 9.93. The number of amides is 5. The number of carbonyl (C=O) groups is 5. The summed E-state index contributed by atoms with van der Waals surface area (Å²) in [6.07, 6.45) is 5.83. The number of ketones is 1. The third-order valence-electron chi connectivity index (χ3n) is 8.97. The summed E-state index contributed by atoms with van der Waals surface area (Å²) in [4.78, 5) is 74.6. The van der Waals surface area contributed by atoms with E-state index in [9.17, 15) is 29.1 Å². The summed E-state index contributed by atoms with van der Waals surface area (Å²) in [7, 11) is 0. The number of urea groups is 1. The second-order valence-corrected chi connectivity index (χ2v) is 14.3. The second kappa shape index (κ2) is 22.5. The number of benzene rings is 1. The van der Waals surface area contributed by atoms with Crippen LogP contribution >= 0.6 is 0 Å². The van der Waals surface area contributed by atoms with Crippen molar-refractivity contribution >= 4 is 35.4 Å². The lowest BCUT2D eigenvalue weighted by Crippen LogP contribution is -2.63. The first kappa shape index (κ1) is 42.8. The van der Waals surface area contributed by atoms with Crippen molar-refractivity contribution in [2.45, 2.75) is 112 Å². The molecule has 5 amide bonds. The van der Waals surface area contributed by atoms with Crippen LogP contribution in [0.2, 0.25) is 0 Å². The third-order valence-corrected chi connectivity index (χ3v) is 8.97. The van der Waals surface area contributed by atoms with Crippen LogP contribution in [0.1, 0.15) is 99.0 Å². The lowest BCUT2D eigenvalue weighted by Gasteiger charge is -2.36. The molecular weight excluding hydrogens is 648 g/mol. The Balaban J connectivity index is 2.39. The summed E-state index contributed by atoms with van der Waals surface area (Å²) in [6, 6.07) is 11.5. The summed E-state index contributed by atoms with van der Waals surface area (Å²) >= 11 is 0. The molecule has 12 heteroatoms. The highest BCUT2D eigenvalue weighted by Gasteiger charge is 2.40. The molecule has 0 aliphatic carbocycles. The Kier molecular flexibility index (Phi) is 18.9. The van der Waals surface area contributed by atoms with Gasteiger partial charge in [-0.2, -0.15) is 0 Å². The number of anilines is 1. The smallest absolute Gasteiger partial charge is 0.318 e. The van der Waals surface area contributed by atoms with Crippen molar-refractivity contribution in [1.82, 2.24) is 25.6 Å². The van der Waals surface area contributed by atoms with Crippen LogP contribution in [-0.2, 0) is 25.7 Å². The van der Waals surface area contributed by atoms with E-state index in [1.165, 1.54) is 6.20 Å². The van der Waals surface area contributed by atoms with Crippen molar-refractivity contribution < 1.29 is 29.1 Å². The van der Waals surface area contributed by atoms with E-state index in [1.54, 1.807) is 43.9 Å². The molecule has 51 heavy (non-hydrogen) atoms. The van der Waals surface area contributed by atoms with E-state index in [2.05, 4.69) is 34.9 Å². The molecule has 2 aromatic rings. The number of rotatable bonds is 21. The predicted molar refractivity (Wildman–Crippen MR) is 199 cm³/mol. The zero-order valence-corrected chi connectivity index (χ0v) is 31.6. The number of hydrazine groups is 1. The minimum Gasteiger partial charge on any atom is -0.396 e. The molecular formula is C39H60N6O6. The third kappa shape index (κ3) is 14.8. The van der Waals surface area contributed by atoms with Gasteiger partial charge in [-0.25, -0.2) is 14.8 Å². The van der Waals surface area contributed by atoms with Crippen LogP contribution in [0.3, 0.4) is 0 Å². The maximum atomic E-state index is 14.1. The monoisotopic (exact) mass is 708 g/mol. The molecule has 0 fully saturated rings. The van der Waals surface area contributed by atoms with E-state index in [-0.39, 0.29) is 31.3 Å². The number of nitrogens with zero attached hydrogens (tertiary/aromatic N) is 3. The number of aromatic nitrogens is 1. The summed E-state index contributed by atoms with van der Waals surface area (Å²) < 4.78 is 0. The summed E-state index contributed by atoms with van der Waals surface area (Å²) in [5.41, 5.74) is 3.59. The maximum absolute atomic E-state index is 14.1. The fraction of sp³-hybridized carbons (Fsp3) is 0.590. The maximum Gasteiger partial charge on any atom is 0.318 e. The van der Waals surface area contributed by atoms with E-state index in [1.807, 2.05) is 44.2 Å². The minimum absolute atomic E-state index is 0.0185. The Labute approximate surface area is 304 Å². The van der Waals surface area contributed by atoms with Crippen molar-refractivity contribution in [3.63, 3.8) is 0 Å². The van der Waals surface area contributed by atoms with Crippen molar-refractivity contribution in [1.29, 1.82) is 0 Å². The Hall–Kier alpha value is -4.32. The van der Waals surface area contributed by atoms with Crippen molar-refractivity contribution in [2.24, 2.45) is 23.7 Å². The first-order chi connectivity index (χ1) is 24.3. The number of aliphatic hydroxyl groups is 1. The molecule has 1 aromatic heterocycles. The molecule has 2 rings (SSSR count). The Morgan fingerprint density at radius 2 is 1.55 bits per heavy atom. The molecule has 12 nitrogen and oxygen atoms in total. The highest BCUT2D eigenvalue weighted by molar-refractivity contribution is 6.42. The zero-order valence-electron chi connectivity index (χ0n) is 31.6. The fourth-order valence-electron chi connectivity index (χ4n) is 5.49. The zero-order chi connectivity index (χ0) is 37.9. The van der Waals surface area contributed by atoms with Gasteiger partial charge >= 0.3 is 6.03 Å². The number of Topliss-reactive ketones (excluding diaryl/α,β-unsaturated/α-hetero) is 1.